The van der Waals surface area contributed by atoms with Gasteiger partial charge in [-0.05, 0) is 50.2 Å². The molecule has 0 aliphatic heterocycles. The van der Waals surface area contributed by atoms with Crippen LogP contribution in [0, 0.1) is 0 Å². The van der Waals surface area contributed by atoms with Crippen molar-refractivity contribution in [1.29, 1.82) is 0 Å². The lowest BCUT2D eigenvalue weighted by Crippen LogP contribution is -2.05. The van der Waals surface area contributed by atoms with Gasteiger partial charge in [-0.3, -0.25) is 0 Å². The number of aliphatic hydroxyl groups is 1. The van der Waals surface area contributed by atoms with Gasteiger partial charge in [0.25, 0.3) is 0 Å². The van der Waals surface area contributed by atoms with Crippen molar-refractivity contribution in [3.63, 3.8) is 0 Å². The molecule has 0 saturated carbocycles. The molecule has 0 unspecified atom stereocenters. The van der Waals surface area contributed by atoms with E-state index in [1.54, 1.807) is 0 Å². The molecule has 90 valence electrons. The molecule has 0 aliphatic carbocycles. The average molecular weight is 231 g/mol. The molecular formula is C14H17NO2. The summed E-state index contributed by atoms with van der Waals surface area (Å²) in [6.07, 6.45) is 2.12. The van der Waals surface area contributed by atoms with Crippen LogP contribution in [0.4, 0.5) is 0 Å². The number of aliphatic hydroxyl groups excluding tert-OH is 1. The molecule has 2 rings (SSSR count). The van der Waals surface area contributed by atoms with Gasteiger partial charge in [-0.2, -0.15) is 0 Å². The Morgan fingerprint density at radius 2 is 1.88 bits per heavy atom. The summed E-state index contributed by atoms with van der Waals surface area (Å²) in [5.74, 6) is 0.862. The minimum atomic E-state index is 0.0389. The zero-order valence-electron chi connectivity index (χ0n) is 10.1. The van der Waals surface area contributed by atoms with Crippen molar-refractivity contribution in [3.05, 3.63) is 48.3 Å². The van der Waals surface area contributed by atoms with Gasteiger partial charge in [0, 0.05) is 17.6 Å². The van der Waals surface area contributed by atoms with Gasteiger partial charge in [-0.15, -0.1) is 0 Å². The third-order valence-electron chi connectivity index (χ3n) is 2.48. The van der Waals surface area contributed by atoms with E-state index in [0.29, 0.717) is 0 Å². The first-order chi connectivity index (χ1) is 8.20. The molecule has 0 amide bonds. The maximum absolute atomic E-state index is 9.20. The molecule has 1 heterocycles. The highest BCUT2D eigenvalue weighted by Crippen LogP contribution is 2.18. The second-order valence-electron chi connectivity index (χ2n) is 4.19. The quantitative estimate of drug-likeness (QED) is 0.878. The van der Waals surface area contributed by atoms with Crippen LogP contribution >= 0.6 is 0 Å². The highest BCUT2D eigenvalue weighted by molar-refractivity contribution is 5.39. The summed E-state index contributed by atoms with van der Waals surface area (Å²) in [5.41, 5.74) is 1.90. The lowest BCUT2D eigenvalue weighted by atomic mass is 10.3. The molecule has 1 N–H and O–H groups in total. The molecule has 17 heavy (non-hydrogen) atoms. The van der Waals surface area contributed by atoms with E-state index in [9.17, 15) is 5.11 Å². The fraction of sp³-hybridized carbons (Fsp3) is 0.286. The topological polar surface area (TPSA) is 34.4 Å². The molecule has 0 atom stereocenters. The lowest BCUT2D eigenvalue weighted by molar-refractivity contribution is 0.242. The molecule has 0 spiro atoms. The van der Waals surface area contributed by atoms with E-state index in [2.05, 4.69) is 0 Å². The number of ether oxygens (including phenoxy) is 1. The zero-order chi connectivity index (χ0) is 12.3. The van der Waals surface area contributed by atoms with Gasteiger partial charge in [0.15, 0.2) is 0 Å². The number of hydrogen-bond donors (Lipinski definition) is 1. The summed E-state index contributed by atoms with van der Waals surface area (Å²) in [6, 6.07) is 11.7. The van der Waals surface area contributed by atoms with Crippen LogP contribution in [0.3, 0.4) is 0 Å². The summed E-state index contributed by atoms with van der Waals surface area (Å²) in [4.78, 5) is 0. The molecule has 1 aromatic heterocycles. The number of hydrogen-bond acceptors (Lipinski definition) is 2. The predicted molar refractivity (Wildman–Crippen MR) is 67.5 cm³/mol. The largest absolute Gasteiger partial charge is 0.491 e. The van der Waals surface area contributed by atoms with Gasteiger partial charge >= 0.3 is 0 Å². The van der Waals surface area contributed by atoms with Crippen molar-refractivity contribution in [1.82, 2.24) is 4.57 Å². The first-order valence-electron chi connectivity index (χ1n) is 5.75. The van der Waals surface area contributed by atoms with Gasteiger partial charge in [-0.1, -0.05) is 0 Å². The van der Waals surface area contributed by atoms with Gasteiger partial charge in [0.05, 0.1) is 12.7 Å². The van der Waals surface area contributed by atoms with Crippen LogP contribution in [0.1, 0.15) is 19.5 Å². The Kier molecular flexibility index (Phi) is 3.49. The molecule has 2 aromatic rings. The minimum absolute atomic E-state index is 0.0389. The number of aromatic nitrogens is 1. The fourth-order valence-electron chi connectivity index (χ4n) is 1.75. The van der Waals surface area contributed by atoms with Crippen molar-refractivity contribution in [2.45, 2.75) is 26.6 Å². The van der Waals surface area contributed by atoms with Crippen molar-refractivity contribution < 1.29 is 9.84 Å². The van der Waals surface area contributed by atoms with E-state index in [1.165, 1.54) is 0 Å². The minimum Gasteiger partial charge on any atom is -0.491 e. The number of nitrogens with zero attached hydrogens (tertiary/aromatic N) is 1. The first kappa shape index (κ1) is 11.7. The maximum atomic E-state index is 9.20. The summed E-state index contributed by atoms with van der Waals surface area (Å²) < 4.78 is 7.54. The van der Waals surface area contributed by atoms with Crippen LogP contribution in [0.5, 0.6) is 5.75 Å². The first-order valence-corrected chi connectivity index (χ1v) is 5.75. The highest BCUT2D eigenvalue weighted by Gasteiger charge is 2.03. The van der Waals surface area contributed by atoms with Crippen LogP contribution in [0.2, 0.25) is 0 Å². The number of benzene rings is 1. The van der Waals surface area contributed by atoms with E-state index in [0.717, 1.165) is 17.1 Å². The van der Waals surface area contributed by atoms with E-state index in [1.807, 2.05) is 61.0 Å². The third-order valence-corrected chi connectivity index (χ3v) is 2.48. The van der Waals surface area contributed by atoms with Crippen molar-refractivity contribution >= 4 is 0 Å². The predicted octanol–water partition coefficient (Wildman–Crippen LogP) is 2.76. The molecule has 0 aliphatic rings. The van der Waals surface area contributed by atoms with Crippen LogP contribution in [0.25, 0.3) is 5.69 Å². The van der Waals surface area contributed by atoms with Gasteiger partial charge in [-0.25, -0.2) is 0 Å². The Balaban J connectivity index is 2.23. The van der Waals surface area contributed by atoms with E-state index < -0.39 is 0 Å². The van der Waals surface area contributed by atoms with Gasteiger partial charge in [0.1, 0.15) is 5.75 Å². The van der Waals surface area contributed by atoms with Crippen LogP contribution in [-0.2, 0) is 6.61 Å². The molecule has 3 nitrogen and oxygen atoms in total. The molecule has 3 heteroatoms. The smallest absolute Gasteiger partial charge is 0.119 e. The zero-order valence-corrected chi connectivity index (χ0v) is 10.1. The molecule has 1 aromatic carbocycles. The van der Waals surface area contributed by atoms with Gasteiger partial charge < -0.3 is 14.4 Å². The molecular weight excluding hydrogens is 214 g/mol. The summed E-state index contributed by atoms with van der Waals surface area (Å²) in [5, 5.41) is 9.20. The molecule has 0 bridgehead atoms. The lowest BCUT2D eigenvalue weighted by Gasteiger charge is -2.11. The Hall–Kier alpha value is -1.74. The maximum Gasteiger partial charge on any atom is 0.119 e. The average Bonchev–Trinajstić information content (AvgIpc) is 2.77. The Bertz CT molecular complexity index is 471. The van der Waals surface area contributed by atoms with Gasteiger partial charge in [0.2, 0.25) is 0 Å². The normalized spacial score (nSPS) is 10.8. The van der Waals surface area contributed by atoms with Crippen LogP contribution in [-0.4, -0.2) is 15.8 Å². The van der Waals surface area contributed by atoms with Crippen LogP contribution in [0.15, 0.2) is 42.6 Å². The summed E-state index contributed by atoms with van der Waals surface area (Å²) >= 11 is 0. The number of rotatable bonds is 4. The van der Waals surface area contributed by atoms with E-state index >= 15 is 0 Å². The van der Waals surface area contributed by atoms with Crippen molar-refractivity contribution in [2.75, 3.05) is 0 Å². The Morgan fingerprint density at radius 3 is 2.47 bits per heavy atom. The molecule has 0 saturated heterocycles. The van der Waals surface area contributed by atoms with Crippen molar-refractivity contribution in [2.24, 2.45) is 0 Å². The van der Waals surface area contributed by atoms with E-state index in [4.69, 9.17) is 4.74 Å². The fourth-order valence-corrected chi connectivity index (χ4v) is 1.75. The summed E-state index contributed by atoms with van der Waals surface area (Å²) in [6.45, 7) is 4.05. The second-order valence-corrected chi connectivity index (χ2v) is 4.19. The SMILES string of the molecule is CC(C)Oc1ccc(-n2cccc2CO)cc1. The Morgan fingerprint density at radius 1 is 1.18 bits per heavy atom. The standard InChI is InChI=1S/C14H17NO2/c1-11(2)17-14-7-5-12(6-8-14)15-9-3-4-13(15)10-16/h3-9,11,16H,10H2,1-2H3. The molecule has 0 radical (unpaired) electrons. The van der Waals surface area contributed by atoms with E-state index in [-0.39, 0.29) is 12.7 Å². The molecule has 0 fully saturated rings. The third kappa shape index (κ3) is 2.68. The Labute approximate surface area is 101 Å². The summed E-state index contributed by atoms with van der Waals surface area (Å²) in [7, 11) is 0. The second kappa shape index (κ2) is 5.06. The highest BCUT2D eigenvalue weighted by atomic mass is 16.5. The van der Waals surface area contributed by atoms with Crippen LogP contribution < -0.4 is 4.74 Å². The monoisotopic (exact) mass is 231 g/mol. The van der Waals surface area contributed by atoms with Crippen molar-refractivity contribution in [3.8, 4) is 11.4 Å².